The number of morpholine rings is 1. The van der Waals surface area contributed by atoms with Crippen molar-refractivity contribution in [1.82, 2.24) is 5.32 Å². The Labute approximate surface area is 143 Å². The van der Waals surface area contributed by atoms with Gasteiger partial charge in [0.1, 0.15) is 11.9 Å². The van der Waals surface area contributed by atoms with Gasteiger partial charge >= 0.3 is 6.09 Å². The number of benzene rings is 1. The number of nitrogens with one attached hydrogen (secondary N) is 1. The van der Waals surface area contributed by atoms with Crippen molar-refractivity contribution in [2.24, 2.45) is 0 Å². The molecule has 0 aromatic heterocycles. The molecule has 2 heterocycles. The average molecular weight is 340 g/mol. The van der Waals surface area contributed by atoms with Crippen LogP contribution in [-0.4, -0.2) is 57.5 Å². The van der Waals surface area contributed by atoms with Crippen LogP contribution in [-0.2, 0) is 14.3 Å². The highest BCUT2D eigenvalue weighted by Gasteiger charge is 2.32. The second kappa shape index (κ2) is 7.04. The summed E-state index contributed by atoms with van der Waals surface area (Å²) in [5.41, 5.74) is 0.773. The van der Waals surface area contributed by atoms with Gasteiger partial charge in [-0.1, -0.05) is 0 Å². The third kappa shape index (κ3) is 3.59. The number of carbonyl (C=O) groups is 2. The fourth-order valence-corrected chi connectivity index (χ4v) is 2.77. The van der Waals surface area contributed by atoms with Crippen LogP contribution >= 0.6 is 0 Å². The summed E-state index contributed by atoms with van der Waals surface area (Å²) >= 11 is 0. The Bertz CT molecular complexity index is 725. The summed E-state index contributed by atoms with van der Waals surface area (Å²) in [5.74, 6) is -1.57. The molecule has 0 radical (unpaired) electrons. The molecular weight excluding hydrogens is 317 g/mol. The van der Waals surface area contributed by atoms with Crippen molar-refractivity contribution in [2.75, 3.05) is 49.2 Å². The molecule has 2 fully saturated rings. The molecule has 0 spiro atoms. The first-order valence-corrected chi connectivity index (χ1v) is 7.64. The number of rotatable bonds is 4. The van der Waals surface area contributed by atoms with E-state index in [9.17, 15) is 14.0 Å². The van der Waals surface area contributed by atoms with Crippen LogP contribution in [0.3, 0.4) is 0 Å². The molecule has 1 atom stereocenters. The zero-order valence-corrected chi connectivity index (χ0v) is 13.0. The van der Waals surface area contributed by atoms with Gasteiger partial charge in [-0.2, -0.15) is 0 Å². The van der Waals surface area contributed by atoms with E-state index in [-0.39, 0.29) is 13.1 Å². The number of amides is 2. The van der Waals surface area contributed by atoms with Crippen molar-refractivity contribution in [1.29, 1.82) is 0 Å². The van der Waals surface area contributed by atoms with Crippen molar-refractivity contribution < 1.29 is 27.6 Å². The lowest BCUT2D eigenvalue weighted by molar-refractivity contribution is -0.119. The van der Waals surface area contributed by atoms with E-state index in [0.29, 0.717) is 37.7 Å². The van der Waals surface area contributed by atoms with E-state index in [4.69, 9.17) is 13.6 Å². The molecule has 3 rings (SSSR count). The van der Waals surface area contributed by atoms with E-state index >= 15 is 0 Å². The molecule has 0 unspecified atom stereocenters. The second-order valence-corrected chi connectivity index (χ2v) is 5.56. The average Bonchev–Trinajstić information content (AvgIpc) is 3.00. The number of ether oxygens (including phenoxy) is 2. The summed E-state index contributed by atoms with van der Waals surface area (Å²) in [6.07, 6.45) is -1.40. The lowest BCUT2D eigenvalue weighted by Crippen LogP contribution is -2.36. The summed E-state index contributed by atoms with van der Waals surface area (Å²) in [5, 5.41) is 2.22. The van der Waals surface area contributed by atoms with Gasteiger partial charge in [0.25, 0.3) is 0 Å². The Balaban J connectivity index is 1.63. The third-order valence-corrected chi connectivity index (χ3v) is 3.96. The molecule has 0 bridgehead atoms. The first-order chi connectivity index (χ1) is 12.8. The van der Waals surface area contributed by atoms with E-state index in [1.807, 2.05) is 4.90 Å². The lowest BCUT2D eigenvalue weighted by Gasteiger charge is -2.29. The maximum Gasteiger partial charge on any atom is 0.414 e. The molecule has 2 aliphatic rings. The molecule has 8 heteroatoms. The largest absolute Gasteiger partial charge is 0.442 e. The van der Waals surface area contributed by atoms with Crippen molar-refractivity contribution in [3.63, 3.8) is 0 Å². The second-order valence-electron chi connectivity index (χ2n) is 5.56. The zero-order chi connectivity index (χ0) is 19.6. The number of anilines is 2. The quantitative estimate of drug-likeness (QED) is 0.889. The van der Waals surface area contributed by atoms with E-state index in [1.54, 1.807) is 12.1 Å². The molecule has 2 saturated heterocycles. The summed E-state index contributed by atoms with van der Waals surface area (Å²) in [7, 11) is 0. The van der Waals surface area contributed by atoms with Gasteiger partial charge in [0.2, 0.25) is 5.91 Å². The van der Waals surface area contributed by atoms with E-state index in [0.717, 1.165) is 0 Å². The molecule has 130 valence electrons. The molecule has 1 aromatic carbocycles. The van der Waals surface area contributed by atoms with Crippen molar-refractivity contribution in [3.8, 4) is 0 Å². The fraction of sp³-hybridized carbons (Fsp3) is 0.500. The Morgan fingerprint density at radius 1 is 1.46 bits per heavy atom. The minimum absolute atomic E-state index is 0.0798. The first kappa shape index (κ1) is 13.0. The molecular formula is C16H20FN3O4. The first-order valence-electron chi connectivity index (χ1n) is 9.14. The van der Waals surface area contributed by atoms with Crippen molar-refractivity contribution in [2.45, 2.75) is 13.0 Å². The summed E-state index contributed by atoms with van der Waals surface area (Å²) < 4.78 is 45.9. The van der Waals surface area contributed by atoms with Crippen LogP contribution in [0.1, 0.15) is 11.0 Å². The molecule has 1 N–H and O–H groups in total. The number of hydrogen-bond donors (Lipinski definition) is 1. The highest BCUT2D eigenvalue weighted by atomic mass is 19.1. The van der Waals surface area contributed by atoms with Crippen LogP contribution in [0.2, 0.25) is 0 Å². The van der Waals surface area contributed by atoms with Crippen LogP contribution in [0.4, 0.5) is 20.6 Å². The van der Waals surface area contributed by atoms with Crippen LogP contribution in [0.5, 0.6) is 0 Å². The summed E-state index contributed by atoms with van der Waals surface area (Å²) in [4.78, 5) is 26.6. The Morgan fingerprint density at radius 3 is 2.96 bits per heavy atom. The Kier molecular flexibility index (Phi) is 3.81. The highest BCUT2D eigenvalue weighted by molar-refractivity contribution is 5.90. The van der Waals surface area contributed by atoms with Gasteiger partial charge in [0.15, 0.2) is 0 Å². The Hall–Kier alpha value is -2.35. The number of cyclic esters (lactones) is 1. The van der Waals surface area contributed by atoms with Crippen LogP contribution in [0, 0.1) is 5.82 Å². The van der Waals surface area contributed by atoms with Gasteiger partial charge in [-0.3, -0.25) is 9.69 Å². The van der Waals surface area contributed by atoms with Crippen molar-refractivity contribution >= 4 is 23.4 Å². The lowest BCUT2D eigenvalue weighted by atomic mass is 10.2. The van der Waals surface area contributed by atoms with Crippen molar-refractivity contribution in [3.05, 3.63) is 24.0 Å². The molecule has 0 aliphatic carbocycles. The SMILES string of the molecule is [2H]C([2H])([2H])C(=O)NC[C@H]1CN(c2ccc(N3CCOCC3)c(F)c2)C(=O)O1. The van der Waals surface area contributed by atoms with E-state index in [2.05, 4.69) is 5.32 Å². The Morgan fingerprint density at radius 2 is 2.25 bits per heavy atom. The minimum Gasteiger partial charge on any atom is -0.442 e. The predicted octanol–water partition coefficient (Wildman–Crippen LogP) is 1.12. The zero-order valence-electron chi connectivity index (χ0n) is 16.0. The molecule has 0 saturated carbocycles. The summed E-state index contributed by atoms with van der Waals surface area (Å²) in [6.45, 7) is -0.571. The van der Waals surface area contributed by atoms with Crippen LogP contribution in [0.25, 0.3) is 0 Å². The van der Waals surface area contributed by atoms with E-state index < -0.39 is 30.8 Å². The summed E-state index contributed by atoms with van der Waals surface area (Å²) in [6, 6.07) is 4.49. The maximum atomic E-state index is 14.5. The molecule has 1 aromatic rings. The fourth-order valence-electron chi connectivity index (χ4n) is 2.77. The maximum absolute atomic E-state index is 14.5. The predicted molar refractivity (Wildman–Crippen MR) is 85.7 cm³/mol. The highest BCUT2D eigenvalue weighted by Crippen LogP contribution is 2.28. The number of hydrogen-bond acceptors (Lipinski definition) is 5. The minimum atomic E-state index is -2.76. The third-order valence-electron chi connectivity index (χ3n) is 3.96. The van der Waals surface area contributed by atoms with Crippen LogP contribution in [0.15, 0.2) is 18.2 Å². The normalized spacial score (nSPS) is 23.3. The molecule has 7 nitrogen and oxygen atoms in total. The van der Waals surface area contributed by atoms with Gasteiger partial charge in [-0.25, -0.2) is 9.18 Å². The molecule has 2 aliphatic heterocycles. The number of nitrogens with zero attached hydrogens (tertiary/aromatic N) is 2. The number of halogens is 1. The van der Waals surface area contributed by atoms with Crippen LogP contribution < -0.4 is 15.1 Å². The van der Waals surface area contributed by atoms with Gasteiger partial charge in [0.05, 0.1) is 37.7 Å². The standard InChI is InChI=1S/C16H20FN3O4/c1-11(21)18-9-13-10-20(16(22)24-13)12-2-3-15(14(17)8-12)19-4-6-23-7-5-19/h2-3,8,13H,4-7,9-10H2,1H3,(H,18,21)/t13-/m0/s1/i1D3. The number of carbonyl (C=O) groups excluding carboxylic acids is 2. The van der Waals surface area contributed by atoms with Gasteiger partial charge in [0, 0.05) is 24.1 Å². The van der Waals surface area contributed by atoms with E-state index in [1.165, 1.54) is 11.0 Å². The topological polar surface area (TPSA) is 71.1 Å². The monoisotopic (exact) mass is 340 g/mol. The van der Waals surface area contributed by atoms with Gasteiger partial charge in [-0.05, 0) is 18.2 Å². The van der Waals surface area contributed by atoms with Gasteiger partial charge in [-0.15, -0.1) is 0 Å². The van der Waals surface area contributed by atoms with Gasteiger partial charge < -0.3 is 19.7 Å². The smallest absolute Gasteiger partial charge is 0.414 e. The molecule has 2 amide bonds. The molecule has 24 heavy (non-hydrogen) atoms.